The predicted molar refractivity (Wildman–Crippen MR) is 256 cm³/mol. The van der Waals surface area contributed by atoms with Crippen molar-refractivity contribution in [3.05, 3.63) is 0 Å². The van der Waals surface area contributed by atoms with Gasteiger partial charge in [0.05, 0.1) is 0 Å². The van der Waals surface area contributed by atoms with Crippen LogP contribution in [0.25, 0.3) is 0 Å². The van der Waals surface area contributed by atoms with Gasteiger partial charge in [0.2, 0.25) is 0 Å². The third-order valence-electron chi connectivity index (χ3n) is 12.6. The Morgan fingerprint density at radius 3 is 0.950 bits per heavy atom. The summed E-state index contributed by atoms with van der Waals surface area (Å²) in [6.45, 7) is 11.4. The molecule has 0 aliphatic carbocycles. The van der Waals surface area contributed by atoms with Crippen molar-refractivity contribution in [2.75, 3.05) is 13.2 Å². The Labute approximate surface area is 374 Å². The fraction of sp³-hybridized carbons (Fsp3) is 0.944. The largest absolute Gasteiger partial charge is 0.462 e. The van der Waals surface area contributed by atoms with Crippen molar-refractivity contribution in [3.63, 3.8) is 0 Å². The SMILES string of the molecule is CCCCCCCCCCCCCCCCC(=O)OC[C@@H](COC(=O)CCCCCCCCCCCCCCCCC(C)CC)OC(=O)CCCCCCCCCC(C)C. The fourth-order valence-corrected chi connectivity index (χ4v) is 8.13. The van der Waals surface area contributed by atoms with Gasteiger partial charge in [-0.05, 0) is 31.1 Å². The molecule has 0 rings (SSSR count). The topological polar surface area (TPSA) is 78.9 Å². The number of carbonyl (C=O) groups excluding carboxylic acids is 3. The van der Waals surface area contributed by atoms with E-state index in [1.165, 1.54) is 186 Å². The van der Waals surface area contributed by atoms with Crippen molar-refractivity contribution in [3.8, 4) is 0 Å². The summed E-state index contributed by atoms with van der Waals surface area (Å²) in [6.07, 6.45) is 48.1. The van der Waals surface area contributed by atoms with Gasteiger partial charge in [-0.2, -0.15) is 0 Å². The van der Waals surface area contributed by atoms with Gasteiger partial charge in [0.25, 0.3) is 0 Å². The maximum absolute atomic E-state index is 12.8. The Balaban J connectivity index is 4.25. The number of unbranched alkanes of at least 4 members (excludes halogenated alkanes) is 32. The fourth-order valence-electron chi connectivity index (χ4n) is 8.13. The average molecular weight is 849 g/mol. The minimum atomic E-state index is -0.762. The first kappa shape index (κ1) is 58.4. The van der Waals surface area contributed by atoms with Crippen LogP contribution < -0.4 is 0 Å². The summed E-state index contributed by atoms with van der Waals surface area (Å²) in [5.41, 5.74) is 0. The van der Waals surface area contributed by atoms with Gasteiger partial charge in [-0.3, -0.25) is 14.4 Å². The van der Waals surface area contributed by atoms with Gasteiger partial charge < -0.3 is 14.2 Å². The monoisotopic (exact) mass is 849 g/mol. The summed E-state index contributed by atoms with van der Waals surface area (Å²) in [6, 6.07) is 0. The van der Waals surface area contributed by atoms with Crippen LogP contribution in [0, 0.1) is 11.8 Å². The van der Waals surface area contributed by atoms with Crippen LogP contribution in [0.1, 0.15) is 298 Å². The third kappa shape index (κ3) is 45.9. The highest BCUT2D eigenvalue weighted by Gasteiger charge is 2.19. The van der Waals surface area contributed by atoms with Gasteiger partial charge in [0.1, 0.15) is 13.2 Å². The van der Waals surface area contributed by atoms with E-state index >= 15 is 0 Å². The molecule has 0 aliphatic rings. The highest BCUT2D eigenvalue weighted by Crippen LogP contribution is 2.18. The number of hydrogen-bond acceptors (Lipinski definition) is 6. The Morgan fingerprint density at radius 1 is 0.350 bits per heavy atom. The van der Waals surface area contributed by atoms with Crippen molar-refractivity contribution in [1.82, 2.24) is 0 Å². The molecule has 0 radical (unpaired) electrons. The minimum Gasteiger partial charge on any atom is -0.462 e. The molecule has 356 valence electrons. The first-order valence-corrected chi connectivity index (χ1v) is 26.8. The second kappa shape index (κ2) is 46.9. The van der Waals surface area contributed by atoms with Crippen molar-refractivity contribution >= 4 is 17.9 Å². The molecule has 2 atom stereocenters. The van der Waals surface area contributed by atoms with Crippen LogP contribution in [0.15, 0.2) is 0 Å². The second-order valence-electron chi connectivity index (χ2n) is 19.2. The maximum atomic E-state index is 12.8. The zero-order valence-corrected chi connectivity index (χ0v) is 41.1. The van der Waals surface area contributed by atoms with Crippen LogP contribution in [-0.4, -0.2) is 37.2 Å². The van der Waals surface area contributed by atoms with E-state index in [1.54, 1.807) is 0 Å². The number of carbonyl (C=O) groups is 3. The highest BCUT2D eigenvalue weighted by molar-refractivity contribution is 5.71. The molecule has 0 fully saturated rings. The summed E-state index contributed by atoms with van der Waals surface area (Å²) in [7, 11) is 0. The minimum absolute atomic E-state index is 0.0641. The summed E-state index contributed by atoms with van der Waals surface area (Å²) < 4.78 is 16.8. The van der Waals surface area contributed by atoms with Gasteiger partial charge in [-0.25, -0.2) is 0 Å². The highest BCUT2D eigenvalue weighted by atomic mass is 16.6. The molecular weight excluding hydrogens is 745 g/mol. The molecule has 6 nitrogen and oxygen atoms in total. The quantitative estimate of drug-likeness (QED) is 0.0345. The molecule has 6 heteroatoms. The normalized spacial score (nSPS) is 12.5. The first-order chi connectivity index (χ1) is 29.3. The summed E-state index contributed by atoms with van der Waals surface area (Å²) in [5.74, 6) is 0.825. The average Bonchev–Trinajstić information content (AvgIpc) is 3.23. The van der Waals surface area contributed by atoms with E-state index in [4.69, 9.17) is 14.2 Å². The molecular formula is C54H104O6. The third-order valence-corrected chi connectivity index (χ3v) is 12.6. The number of esters is 3. The van der Waals surface area contributed by atoms with Gasteiger partial charge >= 0.3 is 17.9 Å². The lowest BCUT2D eigenvalue weighted by Gasteiger charge is -2.18. The molecule has 1 unspecified atom stereocenters. The van der Waals surface area contributed by atoms with E-state index in [-0.39, 0.29) is 31.1 Å². The van der Waals surface area contributed by atoms with Crippen LogP contribution in [0.4, 0.5) is 0 Å². The lowest BCUT2D eigenvalue weighted by atomic mass is 9.99. The van der Waals surface area contributed by atoms with Crippen molar-refractivity contribution in [2.24, 2.45) is 11.8 Å². The van der Waals surface area contributed by atoms with Gasteiger partial charge in [-0.15, -0.1) is 0 Å². The van der Waals surface area contributed by atoms with Crippen LogP contribution in [0.5, 0.6) is 0 Å². The molecule has 0 aromatic rings. The molecule has 0 bridgehead atoms. The maximum Gasteiger partial charge on any atom is 0.306 e. The van der Waals surface area contributed by atoms with E-state index in [0.717, 1.165) is 69.6 Å². The summed E-state index contributed by atoms with van der Waals surface area (Å²) >= 11 is 0. The lowest BCUT2D eigenvalue weighted by Crippen LogP contribution is -2.30. The van der Waals surface area contributed by atoms with E-state index < -0.39 is 6.10 Å². The van der Waals surface area contributed by atoms with Crippen LogP contribution >= 0.6 is 0 Å². The van der Waals surface area contributed by atoms with Gasteiger partial charge in [-0.1, -0.05) is 259 Å². The van der Waals surface area contributed by atoms with Gasteiger partial charge in [0, 0.05) is 19.3 Å². The Hall–Kier alpha value is -1.59. The molecule has 0 aromatic carbocycles. The Bertz CT molecular complexity index is 918. The van der Waals surface area contributed by atoms with Crippen molar-refractivity contribution < 1.29 is 28.6 Å². The van der Waals surface area contributed by atoms with Crippen LogP contribution in [-0.2, 0) is 28.6 Å². The van der Waals surface area contributed by atoms with E-state index in [1.807, 2.05) is 0 Å². The predicted octanol–water partition coefficient (Wildman–Crippen LogP) is 17.3. The number of ether oxygens (including phenoxy) is 3. The molecule has 0 aromatic heterocycles. The van der Waals surface area contributed by atoms with E-state index in [9.17, 15) is 14.4 Å². The standard InChI is InChI=1S/C54H104O6/c1-6-8-9-10-11-12-13-14-18-21-24-29-34-39-44-52(55)58-47-51(60-54(57)46-41-36-31-26-27-32-37-42-49(3)4)48-59-53(56)45-40-35-30-25-22-19-16-15-17-20-23-28-33-38-43-50(5)7-2/h49-51H,6-48H2,1-5H3/t50?,51-/m0/s1. The zero-order chi connectivity index (χ0) is 44.0. The zero-order valence-electron chi connectivity index (χ0n) is 41.1. The Kier molecular flexibility index (Phi) is 45.7. The van der Waals surface area contributed by atoms with Crippen LogP contribution in [0.3, 0.4) is 0 Å². The molecule has 0 spiro atoms. The molecule has 0 heterocycles. The molecule has 60 heavy (non-hydrogen) atoms. The molecule has 0 amide bonds. The van der Waals surface area contributed by atoms with Gasteiger partial charge in [0.15, 0.2) is 6.10 Å². The van der Waals surface area contributed by atoms with E-state index in [2.05, 4.69) is 34.6 Å². The number of hydrogen-bond donors (Lipinski definition) is 0. The molecule has 0 saturated carbocycles. The summed E-state index contributed by atoms with van der Waals surface area (Å²) in [4.78, 5) is 37.9. The van der Waals surface area contributed by atoms with Crippen molar-refractivity contribution in [2.45, 2.75) is 304 Å². The summed E-state index contributed by atoms with van der Waals surface area (Å²) in [5, 5.41) is 0. The number of rotatable bonds is 48. The van der Waals surface area contributed by atoms with Crippen LogP contribution in [0.2, 0.25) is 0 Å². The lowest BCUT2D eigenvalue weighted by molar-refractivity contribution is -0.167. The first-order valence-electron chi connectivity index (χ1n) is 26.8. The smallest absolute Gasteiger partial charge is 0.306 e. The van der Waals surface area contributed by atoms with Crippen molar-refractivity contribution in [1.29, 1.82) is 0 Å². The van der Waals surface area contributed by atoms with E-state index in [0.29, 0.717) is 19.3 Å². The second-order valence-corrected chi connectivity index (χ2v) is 19.2. The molecule has 0 aliphatic heterocycles. The Morgan fingerprint density at radius 2 is 0.633 bits per heavy atom. The molecule has 0 saturated heterocycles. The molecule has 0 N–H and O–H groups in total.